The molecule has 296 valence electrons. The molecule has 0 saturated heterocycles. The molecule has 0 N–H and O–H groups in total. The molecule has 0 bridgehead atoms. The third-order valence-corrected chi connectivity index (χ3v) is 11.7. The van der Waals surface area contributed by atoms with Gasteiger partial charge in [0.15, 0.2) is 0 Å². The summed E-state index contributed by atoms with van der Waals surface area (Å²) in [6, 6.07) is 52.9. The third-order valence-electron chi connectivity index (χ3n) is 11.7. The fraction of sp³-hybridized carbons (Fsp3) is 0.179. The quantitative estimate of drug-likeness (QED) is 0.123. The zero-order chi connectivity index (χ0) is 42.1. The molecule has 2 nitrogen and oxygen atoms in total. The zero-order valence-corrected chi connectivity index (χ0v) is 39.5. The van der Waals surface area contributed by atoms with Crippen molar-refractivity contribution in [3.05, 3.63) is 179 Å². The second kappa shape index (κ2) is 17.7. The summed E-state index contributed by atoms with van der Waals surface area (Å²) in [4.78, 5) is 0. The Morgan fingerprint density at radius 2 is 0.867 bits per heavy atom. The summed E-state index contributed by atoms with van der Waals surface area (Å²) in [6.45, 7) is 17.3. The number of benzene rings is 6. The second-order valence-corrected chi connectivity index (χ2v) is 25.5. The van der Waals surface area contributed by atoms with Crippen molar-refractivity contribution in [3.8, 4) is 44.9 Å². The first-order valence-electron chi connectivity index (χ1n) is 21.1. The summed E-state index contributed by atoms with van der Waals surface area (Å²) in [6.07, 6.45) is 2.02. The maximum atomic E-state index is 6.00. The first-order chi connectivity index (χ1) is 29.0. The van der Waals surface area contributed by atoms with E-state index in [1.807, 2.05) is 13.8 Å². The SMILES string of the molecule is CCc1ccc2[cH-]c(-c3cc(C)c(C)o3)cc2c1-c1cccc2ccccc12.CCc1ccc2[cH-]c(-c3cc(C)c(C)o3)cc2c1-c1cccc2ccccc12.C[Si](C)=[Zr+2]. The number of rotatable bonds is 6. The van der Waals surface area contributed by atoms with E-state index >= 15 is 0 Å². The van der Waals surface area contributed by atoms with Crippen LogP contribution in [0.3, 0.4) is 0 Å². The zero-order valence-electron chi connectivity index (χ0n) is 36.1. The molecule has 0 amide bonds. The van der Waals surface area contributed by atoms with E-state index in [1.54, 1.807) is 23.3 Å². The van der Waals surface area contributed by atoms with E-state index in [4.69, 9.17) is 8.83 Å². The maximum absolute atomic E-state index is 6.00. The van der Waals surface area contributed by atoms with Crippen LogP contribution in [0, 0.1) is 27.7 Å². The second-order valence-electron chi connectivity index (χ2n) is 16.2. The standard InChI is InChI=1S/2C27H23O.C2H6Si.Zr/c2*1-4-19-12-13-21-15-22(26-14-17(2)18(3)28-26)16-25(21)27(19)24-11-7-9-20-8-5-6-10-23(20)24;1-3-2;/h2*5-16H,4H2,1-3H3;1-2H3;/q2*-1;;+2. The van der Waals surface area contributed by atoms with Gasteiger partial charge in [-0.3, -0.25) is 0 Å². The van der Waals surface area contributed by atoms with E-state index < -0.39 is 0 Å². The molecule has 0 saturated carbocycles. The number of hydrogen-bond donors (Lipinski definition) is 0. The summed E-state index contributed by atoms with van der Waals surface area (Å²) < 4.78 is 12.0. The van der Waals surface area contributed by atoms with Crippen molar-refractivity contribution < 1.29 is 32.2 Å². The van der Waals surface area contributed by atoms with Crippen LogP contribution in [-0.4, -0.2) is 5.43 Å². The average molecular weight is 876 g/mol. The van der Waals surface area contributed by atoms with Crippen LogP contribution in [0.4, 0.5) is 0 Å². The molecule has 10 aromatic rings. The van der Waals surface area contributed by atoms with Gasteiger partial charge in [0.1, 0.15) is 0 Å². The van der Waals surface area contributed by atoms with Gasteiger partial charge in [0, 0.05) is 0 Å². The summed E-state index contributed by atoms with van der Waals surface area (Å²) in [5.74, 6) is 3.88. The first-order valence-corrected chi connectivity index (χ1v) is 27.3. The van der Waals surface area contributed by atoms with Crippen molar-refractivity contribution in [2.75, 3.05) is 0 Å². The van der Waals surface area contributed by atoms with Crippen LogP contribution in [0.15, 0.2) is 154 Å². The normalized spacial score (nSPS) is 11.2. The van der Waals surface area contributed by atoms with E-state index in [0.717, 1.165) is 47.0 Å². The van der Waals surface area contributed by atoms with Gasteiger partial charge in [-0.2, -0.15) is 0 Å². The molecular formula is C56H52O2SiZr. The van der Waals surface area contributed by atoms with Crippen molar-refractivity contribution in [2.24, 2.45) is 0 Å². The van der Waals surface area contributed by atoms with Gasteiger partial charge >= 0.3 is 41.9 Å². The molecule has 0 aliphatic heterocycles. The molecule has 4 heteroatoms. The predicted molar refractivity (Wildman–Crippen MR) is 256 cm³/mol. The molecule has 2 aromatic heterocycles. The predicted octanol–water partition coefficient (Wildman–Crippen LogP) is 16.4. The van der Waals surface area contributed by atoms with Crippen LogP contribution in [0.2, 0.25) is 13.1 Å². The van der Waals surface area contributed by atoms with Crippen molar-refractivity contribution in [1.29, 1.82) is 0 Å². The van der Waals surface area contributed by atoms with Gasteiger partial charge in [-0.05, 0) is 108 Å². The summed E-state index contributed by atoms with van der Waals surface area (Å²) in [5.41, 5.74) is 13.0. The molecule has 10 rings (SSSR count). The summed E-state index contributed by atoms with van der Waals surface area (Å²) in [5, 5.41) is 10.3. The Labute approximate surface area is 370 Å². The molecule has 0 atom stereocenters. The van der Waals surface area contributed by atoms with E-state index in [1.165, 1.54) is 87.6 Å². The van der Waals surface area contributed by atoms with E-state index in [0.29, 0.717) is 0 Å². The van der Waals surface area contributed by atoms with Crippen LogP contribution >= 0.6 is 0 Å². The molecule has 0 spiro atoms. The van der Waals surface area contributed by atoms with E-state index in [9.17, 15) is 0 Å². The van der Waals surface area contributed by atoms with Gasteiger partial charge in [-0.1, -0.05) is 133 Å². The van der Waals surface area contributed by atoms with Crippen molar-refractivity contribution in [2.45, 2.75) is 67.5 Å². The minimum atomic E-state index is 0.210. The molecule has 0 unspecified atom stereocenters. The molecule has 0 fully saturated rings. The molecule has 8 aromatic carbocycles. The van der Waals surface area contributed by atoms with Crippen molar-refractivity contribution >= 4 is 48.5 Å². The van der Waals surface area contributed by atoms with Crippen LogP contribution < -0.4 is 0 Å². The van der Waals surface area contributed by atoms with E-state index in [2.05, 4.69) is 186 Å². The molecule has 0 radical (unpaired) electrons. The molecule has 2 heterocycles. The Bertz CT molecular complexity index is 2900. The molecule has 0 aliphatic rings. The number of aryl methyl sites for hydroxylation is 6. The molecule has 60 heavy (non-hydrogen) atoms. The number of hydrogen-bond acceptors (Lipinski definition) is 2. The Kier molecular flexibility index (Phi) is 12.3. The van der Waals surface area contributed by atoms with Crippen LogP contribution in [0.5, 0.6) is 0 Å². The van der Waals surface area contributed by atoms with Crippen molar-refractivity contribution in [3.63, 3.8) is 0 Å². The summed E-state index contributed by atoms with van der Waals surface area (Å²) in [7, 11) is 0. The Hall–Kier alpha value is -5.28. The molecule has 0 aliphatic carbocycles. The Balaban J connectivity index is 0.000000153. The monoisotopic (exact) mass is 874 g/mol. The summed E-state index contributed by atoms with van der Waals surface area (Å²) >= 11 is 1.74. The van der Waals surface area contributed by atoms with Gasteiger partial charge in [-0.15, -0.1) is 57.9 Å². The Morgan fingerprint density at radius 1 is 0.483 bits per heavy atom. The van der Waals surface area contributed by atoms with Gasteiger partial charge in [-0.25, -0.2) is 0 Å². The minimum absolute atomic E-state index is 0.210. The van der Waals surface area contributed by atoms with Crippen LogP contribution in [-0.2, 0) is 36.2 Å². The van der Waals surface area contributed by atoms with Gasteiger partial charge in [0.2, 0.25) is 0 Å². The fourth-order valence-corrected chi connectivity index (χ4v) is 8.48. The van der Waals surface area contributed by atoms with Crippen molar-refractivity contribution in [1.82, 2.24) is 0 Å². The molecular weight excluding hydrogens is 824 g/mol. The number of furan rings is 2. The fourth-order valence-electron chi connectivity index (χ4n) is 8.48. The van der Waals surface area contributed by atoms with Gasteiger partial charge < -0.3 is 8.83 Å². The van der Waals surface area contributed by atoms with Crippen LogP contribution in [0.1, 0.15) is 47.6 Å². The Morgan fingerprint density at radius 3 is 1.23 bits per heavy atom. The third kappa shape index (κ3) is 8.25. The first kappa shape index (κ1) is 41.5. The van der Waals surface area contributed by atoms with E-state index in [-0.39, 0.29) is 5.43 Å². The number of fused-ring (bicyclic) bond motifs is 4. The van der Waals surface area contributed by atoms with Gasteiger partial charge in [0.05, 0.1) is 23.0 Å². The van der Waals surface area contributed by atoms with Crippen LogP contribution in [0.25, 0.3) is 88.0 Å². The van der Waals surface area contributed by atoms with Gasteiger partial charge in [0.25, 0.3) is 0 Å². The topological polar surface area (TPSA) is 26.3 Å². The average Bonchev–Trinajstić information content (AvgIpc) is 4.05.